The molecule has 1 N–H and O–H groups in total. The van der Waals surface area contributed by atoms with Gasteiger partial charge in [0.25, 0.3) is 0 Å². The summed E-state index contributed by atoms with van der Waals surface area (Å²) in [5.74, 6) is -0.156. The first kappa shape index (κ1) is 56.3. The van der Waals surface area contributed by atoms with Crippen LogP contribution in [0.4, 0.5) is 0 Å². The average molecular weight is 850 g/mol. The van der Waals surface area contributed by atoms with Gasteiger partial charge in [-0.2, -0.15) is 0 Å². The Morgan fingerprint density at radius 2 is 0.750 bits per heavy atom. The van der Waals surface area contributed by atoms with Gasteiger partial charge in [-0.15, -0.1) is 0 Å². The third-order valence-corrected chi connectivity index (χ3v) is 12.9. The van der Waals surface area contributed by atoms with Gasteiger partial charge in [0.2, 0.25) is 0 Å². The van der Waals surface area contributed by atoms with Gasteiger partial charge >= 0.3 is 17.9 Å². The molecule has 0 aromatic carbocycles. The molecule has 0 radical (unpaired) electrons. The number of esters is 3. The third-order valence-electron chi connectivity index (χ3n) is 12.9. The molecule has 0 amide bonds. The van der Waals surface area contributed by atoms with E-state index in [2.05, 4.69) is 25.8 Å². The molecule has 0 atom stereocenters. The van der Waals surface area contributed by atoms with Crippen LogP contribution in [0, 0.1) is 5.92 Å². The van der Waals surface area contributed by atoms with Gasteiger partial charge in [0.1, 0.15) is 0 Å². The second-order valence-electron chi connectivity index (χ2n) is 18.8. The zero-order valence-corrected chi connectivity index (χ0v) is 40.0. The predicted octanol–water partition coefficient (Wildman–Crippen LogP) is 14.2. The summed E-state index contributed by atoms with van der Waals surface area (Å²) in [5.41, 5.74) is -0.722. The molecule has 0 aromatic rings. The minimum atomic E-state index is -0.722. The fourth-order valence-electron chi connectivity index (χ4n) is 8.67. The molecule has 8 heteroatoms. The average Bonchev–Trinajstić information content (AvgIpc) is 3.24. The Kier molecular flexibility index (Phi) is 38.8. The van der Waals surface area contributed by atoms with E-state index in [4.69, 9.17) is 14.2 Å². The van der Waals surface area contributed by atoms with Crippen molar-refractivity contribution in [2.45, 2.75) is 270 Å². The van der Waals surface area contributed by atoms with E-state index < -0.39 is 5.60 Å². The lowest BCUT2D eigenvalue weighted by Gasteiger charge is -2.29. The molecule has 354 valence electrons. The van der Waals surface area contributed by atoms with Gasteiger partial charge in [-0.1, -0.05) is 181 Å². The molecule has 1 heterocycles. The number of likely N-dealkylation sites (tertiary alicyclic amines) is 1. The first-order chi connectivity index (χ1) is 29.3. The van der Waals surface area contributed by atoms with Crippen LogP contribution in [-0.4, -0.2) is 73.5 Å². The van der Waals surface area contributed by atoms with Gasteiger partial charge in [0.15, 0.2) is 0 Å². The zero-order chi connectivity index (χ0) is 43.6. The molecule has 1 rings (SSSR count). The summed E-state index contributed by atoms with van der Waals surface area (Å²) in [6.45, 7) is 7.83. The Bertz CT molecular complexity index is 929. The summed E-state index contributed by atoms with van der Waals surface area (Å²) >= 11 is 0. The first-order valence-corrected chi connectivity index (χ1v) is 26.2. The maximum Gasteiger partial charge on any atom is 0.309 e. The lowest BCUT2D eigenvalue weighted by atomic mass is 9.85. The van der Waals surface area contributed by atoms with Crippen molar-refractivity contribution >= 4 is 17.9 Å². The number of carbonyl (C=O) groups excluding carboxylic acids is 3. The third kappa shape index (κ3) is 35.9. The van der Waals surface area contributed by atoms with Crippen molar-refractivity contribution in [3.8, 4) is 0 Å². The molecule has 0 aliphatic carbocycles. The second-order valence-corrected chi connectivity index (χ2v) is 18.8. The fourth-order valence-corrected chi connectivity index (χ4v) is 8.67. The predicted molar refractivity (Wildman–Crippen MR) is 250 cm³/mol. The number of carbonyl (C=O) groups is 3. The summed E-state index contributed by atoms with van der Waals surface area (Å²) in [4.78, 5) is 39.2. The Labute approximate surface area is 371 Å². The largest absolute Gasteiger partial charge is 0.466 e. The van der Waals surface area contributed by atoms with Gasteiger partial charge in [0.05, 0.1) is 31.3 Å². The van der Waals surface area contributed by atoms with Crippen LogP contribution in [0.3, 0.4) is 0 Å². The zero-order valence-electron chi connectivity index (χ0n) is 40.0. The van der Waals surface area contributed by atoms with E-state index in [9.17, 15) is 19.5 Å². The van der Waals surface area contributed by atoms with Crippen LogP contribution >= 0.6 is 0 Å². The van der Waals surface area contributed by atoms with E-state index in [1.54, 1.807) is 0 Å². The number of rotatable bonds is 44. The highest BCUT2D eigenvalue weighted by Gasteiger charge is 2.27. The van der Waals surface area contributed by atoms with Crippen molar-refractivity contribution in [1.82, 2.24) is 4.90 Å². The molecule has 0 unspecified atom stereocenters. The number of piperidine rings is 1. The maximum absolute atomic E-state index is 12.6. The molecule has 0 spiro atoms. The Morgan fingerprint density at radius 1 is 0.450 bits per heavy atom. The van der Waals surface area contributed by atoms with Crippen molar-refractivity contribution in [2.75, 3.05) is 40.0 Å². The van der Waals surface area contributed by atoms with Gasteiger partial charge in [-0.3, -0.25) is 14.4 Å². The summed E-state index contributed by atoms with van der Waals surface area (Å²) in [5, 5.41) is 11.8. The lowest BCUT2D eigenvalue weighted by molar-refractivity contribution is -0.150. The number of nitrogens with zero attached hydrogens (tertiary/aromatic N) is 1. The van der Waals surface area contributed by atoms with Crippen molar-refractivity contribution in [1.29, 1.82) is 0 Å². The Balaban J connectivity index is 2.22. The summed E-state index contributed by atoms with van der Waals surface area (Å²) < 4.78 is 16.7. The molecule has 1 aliphatic rings. The molecule has 1 saturated heterocycles. The number of ether oxygens (including phenoxy) is 3. The van der Waals surface area contributed by atoms with E-state index in [0.29, 0.717) is 39.1 Å². The van der Waals surface area contributed by atoms with E-state index in [-0.39, 0.29) is 23.8 Å². The van der Waals surface area contributed by atoms with Crippen molar-refractivity contribution in [3.63, 3.8) is 0 Å². The summed E-state index contributed by atoms with van der Waals surface area (Å²) in [6, 6.07) is 0. The molecule has 8 nitrogen and oxygen atoms in total. The Hall–Kier alpha value is -1.67. The highest BCUT2D eigenvalue weighted by atomic mass is 16.5. The minimum Gasteiger partial charge on any atom is -0.466 e. The van der Waals surface area contributed by atoms with E-state index in [1.165, 1.54) is 116 Å². The molecule has 0 saturated carbocycles. The molecule has 0 aromatic heterocycles. The topological polar surface area (TPSA) is 102 Å². The molecular weight excluding hydrogens is 751 g/mol. The molecule has 60 heavy (non-hydrogen) atoms. The monoisotopic (exact) mass is 850 g/mol. The smallest absolute Gasteiger partial charge is 0.309 e. The number of unbranched alkanes of at least 4 members (excludes halogenated alkanes) is 27. The molecule has 0 bridgehead atoms. The first-order valence-electron chi connectivity index (χ1n) is 26.2. The van der Waals surface area contributed by atoms with Crippen LogP contribution in [0.25, 0.3) is 0 Å². The van der Waals surface area contributed by atoms with Gasteiger partial charge in [-0.25, -0.2) is 0 Å². The SMILES string of the molecule is CCCCCCCCCCCCCC(=O)OCCCCCCC(O)(CCCCCCOC(=O)CCCCCCCCCCCCC)CCCCOC(=O)C1CCN(C)CC1. The van der Waals surface area contributed by atoms with Crippen molar-refractivity contribution in [3.05, 3.63) is 0 Å². The van der Waals surface area contributed by atoms with Crippen LogP contribution in [0.5, 0.6) is 0 Å². The highest BCUT2D eigenvalue weighted by molar-refractivity contribution is 5.72. The standard InChI is InChI=1S/C52H99NO7/c1-4-6-8-10-12-14-16-18-20-22-28-36-49(54)58-45-33-26-24-30-40-52(57,42-32-35-47-60-51(56)48-38-43-53(3)44-39-48)41-31-25-27-34-46-59-50(55)37-29-23-21-19-17-15-13-11-9-7-5-2/h48,57H,4-47H2,1-3H3. The fraction of sp³-hybridized carbons (Fsp3) is 0.942. The normalized spacial score (nSPS) is 13.8. The minimum absolute atomic E-state index is 0.0221. The Morgan fingerprint density at radius 3 is 1.15 bits per heavy atom. The van der Waals surface area contributed by atoms with Crippen LogP contribution < -0.4 is 0 Å². The second kappa shape index (κ2) is 41.3. The molecule has 1 aliphatic heterocycles. The van der Waals surface area contributed by atoms with Gasteiger partial charge in [0, 0.05) is 12.8 Å². The van der Waals surface area contributed by atoms with Crippen LogP contribution in [-0.2, 0) is 28.6 Å². The summed E-state index contributed by atoms with van der Waals surface area (Å²) in [6.07, 6.45) is 42.4. The van der Waals surface area contributed by atoms with E-state index in [1.807, 2.05) is 0 Å². The van der Waals surface area contributed by atoms with Crippen molar-refractivity contribution in [2.24, 2.45) is 5.92 Å². The van der Waals surface area contributed by atoms with Gasteiger partial charge < -0.3 is 24.2 Å². The highest BCUT2D eigenvalue weighted by Crippen LogP contribution is 2.29. The van der Waals surface area contributed by atoms with Crippen LogP contribution in [0.1, 0.15) is 264 Å². The number of hydrogen-bond acceptors (Lipinski definition) is 8. The maximum atomic E-state index is 12.6. The van der Waals surface area contributed by atoms with E-state index in [0.717, 1.165) is 129 Å². The van der Waals surface area contributed by atoms with Crippen LogP contribution in [0.2, 0.25) is 0 Å². The summed E-state index contributed by atoms with van der Waals surface area (Å²) in [7, 11) is 2.10. The number of aliphatic hydroxyl groups is 1. The molecular formula is C52H99NO7. The quantitative estimate of drug-likeness (QED) is 0.0367. The van der Waals surface area contributed by atoms with Crippen molar-refractivity contribution < 1.29 is 33.7 Å². The lowest BCUT2D eigenvalue weighted by Crippen LogP contribution is -2.34. The van der Waals surface area contributed by atoms with E-state index >= 15 is 0 Å². The van der Waals surface area contributed by atoms with Gasteiger partial charge in [-0.05, 0) is 90.8 Å². The molecule has 1 fully saturated rings. The van der Waals surface area contributed by atoms with Crippen LogP contribution in [0.15, 0.2) is 0 Å². The number of hydrogen-bond donors (Lipinski definition) is 1.